The van der Waals surface area contributed by atoms with Crippen LogP contribution in [0.2, 0.25) is 0 Å². The van der Waals surface area contributed by atoms with Crippen molar-refractivity contribution in [1.29, 1.82) is 0 Å². The summed E-state index contributed by atoms with van der Waals surface area (Å²) in [5, 5.41) is 2.89. The minimum absolute atomic E-state index is 0.238. The molecular weight excluding hydrogens is 338 g/mol. The van der Waals surface area contributed by atoms with Gasteiger partial charge in [-0.3, -0.25) is 9.10 Å². The summed E-state index contributed by atoms with van der Waals surface area (Å²) in [7, 11) is 0.857. The van der Waals surface area contributed by atoms with E-state index in [-0.39, 0.29) is 5.91 Å². The van der Waals surface area contributed by atoms with E-state index in [0.29, 0.717) is 11.3 Å². The van der Waals surface area contributed by atoms with Crippen molar-refractivity contribution in [2.75, 3.05) is 30.8 Å². The fourth-order valence-corrected chi connectivity index (χ4v) is 3.16. The maximum absolute atomic E-state index is 12.4. The van der Waals surface area contributed by atoms with E-state index in [0.717, 1.165) is 21.1 Å². The first-order valence-electron chi connectivity index (χ1n) is 7.78. The summed E-state index contributed by atoms with van der Waals surface area (Å²) < 4.78 is 26.6. The molecule has 0 saturated heterocycles. The Hall–Kier alpha value is -2.38. The van der Waals surface area contributed by atoms with Crippen LogP contribution >= 0.6 is 0 Å². The molecule has 2 rings (SSSR count). The predicted molar refractivity (Wildman–Crippen MR) is 101 cm³/mol. The van der Waals surface area contributed by atoms with Gasteiger partial charge in [0.2, 0.25) is 0 Å². The summed E-state index contributed by atoms with van der Waals surface area (Å²) in [4.78, 5) is 12.4. The van der Waals surface area contributed by atoms with Crippen molar-refractivity contribution in [3.63, 3.8) is 0 Å². The molecule has 0 bridgehead atoms. The predicted octanol–water partition coefficient (Wildman–Crippen LogP) is 2.80. The first-order valence-corrected chi connectivity index (χ1v) is 9.18. The Balaban J connectivity index is 2.19. The molecule has 0 aliphatic heterocycles. The maximum Gasteiger partial charge on any atom is 0.303 e. The van der Waals surface area contributed by atoms with Crippen molar-refractivity contribution in [3.05, 3.63) is 59.2 Å². The minimum Gasteiger partial charge on any atom is -0.322 e. The van der Waals surface area contributed by atoms with E-state index in [2.05, 4.69) is 5.32 Å². The topological polar surface area (TPSA) is 69.7 Å². The van der Waals surface area contributed by atoms with Crippen LogP contribution in [0, 0.1) is 13.8 Å². The lowest BCUT2D eigenvalue weighted by molar-refractivity contribution is 0.102. The van der Waals surface area contributed by atoms with Gasteiger partial charge in [-0.1, -0.05) is 12.1 Å². The number of carbonyl (C=O) groups is 1. The Morgan fingerprint density at radius 1 is 0.960 bits per heavy atom. The lowest BCUT2D eigenvalue weighted by Crippen LogP contribution is -2.37. The highest BCUT2D eigenvalue weighted by Gasteiger charge is 2.21. The average Bonchev–Trinajstić information content (AvgIpc) is 2.58. The summed E-state index contributed by atoms with van der Waals surface area (Å²) in [6, 6.07) is 12.2. The highest BCUT2D eigenvalue weighted by Crippen LogP contribution is 2.21. The van der Waals surface area contributed by atoms with Crippen LogP contribution in [0.4, 0.5) is 11.4 Å². The van der Waals surface area contributed by atoms with Crippen molar-refractivity contribution < 1.29 is 13.2 Å². The fraction of sp³-hybridized carbons (Fsp3) is 0.278. The highest BCUT2D eigenvalue weighted by molar-refractivity contribution is 7.90. The Bertz CT molecular complexity index is 875. The molecule has 2 aromatic rings. The van der Waals surface area contributed by atoms with Crippen molar-refractivity contribution in [1.82, 2.24) is 4.31 Å². The zero-order valence-electron chi connectivity index (χ0n) is 15.1. The molecule has 0 fully saturated rings. The van der Waals surface area contributed by atoms with Gasteiger partial charge in [-0.15, -0.1) is 0 Å². The Kier molecular flexibility index (Phi) is 5.49. The van der Waals surface area contributed by atoms with Gasteiger partial charge in [0, 0.05) is 32.4 Å². The Labute approximate surface area is 149 Å². The molecule has 0 saturated carbocycles. The number of benzene rings is 2. The van der Waals surface area contributed by atoms with E-state index in [9.17, 15) is 13.2 Å². The van der Waals surface area contributed by atoms with Gasteiger partial charge >= 0.3 is 10.2 Å². The summed E-state index contributed by atoms with van der Waals surface area (Å²) in [5.74, 6) is -0.238. The zero-order valence-corrected chi connectivity index (χ0v) is 15.9. The number of amides is 1. The van der Waals surface area contributed by atoms with Crippen molar-refractivity contribution in [2.24, 2.45) is 0 Å². The maximum atomic E-state index is 12.4. The monoisotopic (exact) mass is 361 g/mol. The second-order valence-electron chi connectivity index (χ2n) is 6.01. The first-order chi connectivity index (χ1) is 11.6. The van der Waals surface area contributed by atoms with E-state index in [1.807, 2.05) is 32.0 Å². The third-order valence-corrected chi connectivity index (χ3v) is 5.98. The normalized spacial score (nSPS) is 11.4. The van der Waals surface area contributed by atoms with E-state index >= 15 is 0 Å². The molecule has 1 amide bonds. The van der Waals surface area contributed by atoms with E-state index in [1.54, 1.807) is 24.3 Å². The molecule has 0 atom stereocenters. The van der Waals surface area contributed by atoms with Gasteiger partial charge in [-0.2, -0.15) is 12.7 Å². The van der Waals surface area contributed by atoms with Gasteiger partial charge in [0.1, 0.15) is 0 Å². The van der Waals surface area contributed by atoms with E-state index in [1.165, 1.54) is 25.4 Å². The smallest absolute Gasteiger partial charge is 0.303 e. The first kappa shape index (κ1) is 19.0. The fourth-order valence-electron chi connectivity index (χ4n) is 2.28. The Morgan fingerprint density at radius 3 is 2.12 bits per heavy atom. The van der Waals surface area contributed by atoms with Gasteiger partial charge < -0.3 is 5.32 Å². The SMILES string of the molecule is Cc1cccc(NC(=O)c2ccc(N(C)S(=O)(=O)N(C)C)cc2)c1C. The van der Waals surface area contributed by atoms with Crippen LogP contribution in [0.1, 0.15) is 21.5 Å². The van der Waals surface area contributed by atoms with E-state index < -0.39 is 10.2 Å². The summed E-state index contributed by atoms with van der Waals surface area (Å²) >= 11 is 0. The van der Waals surface area contributed by atoms with E-state index in [4.69, 9.17) is 0 Å². The standard InChI is InChI=1S/C18H23N3O3S/c1-13-7-6-8-17(14(13)2)19-18(22)15-9-11-16(12-10-15)21(5)25(23,24)20(3)4/h6-12H,1-5H3,(H,19,22). The molecule has 0 aliphatic carbocycles. The molecule has 0 radical (unpaired) electrons. The molecule has 6 nitrogen and oxygen atoms in total. The number of carbonyl (C=O) groups excluding carboxylic acids is 1. The summed E-state index contributed by atoms with van der Waals surface area (Å²) in [5.41, 5.74) is 3.83. The number of hydrogen-bond donors (Lipinski definition) is 1. The number of anilines is 2. The highest BCUT2D eigenvalue weighted by atomic mass is 32.2. The number of nitrogens with zero attached hydrogens (tertiary/aromatic N) is 2. The van der Waals surface area contributed by atoms with Gasteiger partial charge in [-0.05, 0) is 55.3 Å². The molecule has 0 aromatic heterocycles. The average molecular weight is 361 g/mol. The molecule has 1 N–H and O–H groups in total. The van der Waals surface area contributed by atoms with Gasteiger partial charge in [0.05, 0.1) is 5.69 Å². The van der Waals surface area contributed by atoms with Crippen molar-refractivity contribution >= 4 is 27.5 Å². The Morgan fingerprint density at radius 2 is 1.56 bits per heavy atom. The summed E-state index contributed by atoms with van der Waals surface area (Å²) in [6.07, 6.45) is 0. The van der Waals surface area contributed by atoms with Crippen LogP contribution < -0.4 is 9.62 Å². The lowest BCUT2D eigenvalue weighted by Gasteiger charge is -2.23. The molecule has 0 unspecified atom stereocenters. The van der Waals surface area contributed by atoms with Crippen LogP contribution in [0.15, 0.2) is 42.5 Å². The minimum atomic E-state index is -3.56. The van der Waals surface area contributed by atoms with Crippen molar-refractivity contribution in [2.45, 2.75) is 13.8 Å². The van der Waals surface area contributed by atoms with Gasteiger partial charge in [0.15, 0.2) is 0 Å². The van der Waals surface area contributed by atoms with Crippen LogP contribution in [-0.2, 0) is 10.2 Å². The van der Waals surface area contributed by atoms with Gasteiger partial charge in [0.25, 0.3) is 5.91 Å². The zero-order chi connectivity index (χ0) is 18.8. The number of rotatable bonds is 5. The molecule has 0 aliphatic rings. The van der Waals surface area contributed by atoms with Crippen LogP contribution in [0.3, 0.4) is 0 Å². The second-order valence-corrected chi connectivity index (χ2v) is 8.18. The largest absolute Gasteiger partial charge is 0.322 e. The number of aryl methyl sites for hydroxylation is 1. The molecule has 2 aromatic carbocycles. The molecule has 0 spiro atoms. The third kappa shape index (κ3) is 4.00. The van der Waals surface area contributed by atoms with Crippen molar-refractivity contribution in [3.8, 4) is 0 Å². The second kappa shape index (κ2) is 7.25. The summed E-state index contributed by atoms with van der Waals surface area (Å²) in [6.45, 7) is 3.94. The molecule has 7 heteroatoms. The third-order valence-electron chi connectivity index (χ3n) is 4.15. The molecule has 134 valence electrons. The molecule has 0 heterocycles. The number of hydrogen-bond acceptors (Lipinski definition) is 3. The quantitative estimate of drug-likeness (QED) is 0.890. The van der Waals surface area contributed by atoms with Crippen LogP contribution in [0.25, 0.3) is 0 Å². The lowest BCUT2D eigenvalue weighted by atomic mass is 10.1. The van der Waals surface area contributed by atoms with Crippen LogP contribution in [0.5, 0.6) is 0 Å². The number of nitrogens with one attached hydrogen (secondary N) is 1. The van der Waals surface area contributed by atoms with Gasteiger partial charge in [-0.25, -0.2) is 0 Å². The molecular formula is C18H23N3O3S. The molecule has 25 heavy (non-hydrogen) atoms. The van der Waals surface area contributed by atoms with Crippen LogP contribution in [-0.4, -0.2) is 39.8 Å².